The molecule has 0 saturated carbocycles. The molecule has 1 aromatic heterocycles. The van der Waals surface area contributed by atoms with E-state index in [2.05, 4.69) is 0 Å². The quantitative estimate of drug-likeness (QED) is 0.803. The Morgan fingerprint density at radius 2 is 1.62 bits per heavy atom. The Hall–Kier alpha value is -2.30. The number of hydrogen-bond donors (Lipinski definition) is 2. The van der Waals surface area contributed by atoms with Crippen molar-refractivity contribution < 1.29 is 19.8 Å². The van der Waals surface area contributed by atoms with Gasteiger partial charge in [-0.05, 0) is 18.2 Å². The minimum absolute atomic E-state index is 0.104. The van der Waals surface area contributed by atoms with Gasteiger partial charge in [-0.3, -0.25) is 0 Å². The van der Waals surface area contributed by atoms with E-state index >= 15 is 0 Å². The summed E-state index contributed by atoms with van der Waals surface area (Å²) in [5.41, 5.74) is 0.639. The highest BCUT2D eigenvalue weighted by Gasteiger charge is 2.16. The predicted molar refractivity (Wildman–Crippen MR) is 56.8 cm³/mol. The van der Waals surface area contributed by atoms with E-state index < -0.39 is 11.9 Å². The summed E-state index contributed by atoms with van der Waals surface area (Å²) in [5, 5.41) is 18.4. The van der Waals surface area contributed by atoms with Gasteiger partial charge in [-0.2, -0.15) is 0 Å². The third-order valence-electron chi connectivity index (χ3n) is 2.50. The van der Waals surface area contributed by atoms with E-state index in [0.29, 0.717) is 10.9 Å². The van der Waals surface area contributed by atoms with Crippen molar-refractivity contribution in [1.82, 2.24) is 4.57 Å². The molecule has 0 radical (unpaired) electrons. The molecule has 5 heteroatoms. The van der Waals surface area contributed by atoms with Gasteiger partial charge in [0.1, 0.15) is 0 Å². The monoisotopic (exact) mass is 219 g/mol. The highest BCUT2D eigenvalue weighted by Crippen LogP contribution is 2.23. The fourth-order valence-corrected chi connectivity index (χ4v) is 1.78. The van der Waals surface area contributed by atoms with Crippen molar-refractivity contribution in [2.24, 2.45) is 7.05 Å². The largest absolute Gasteiger partial charge is 0.478 e. The Kier molecular flexibility index (Phi) is 2.16. The number of hydrogen-bond acceptors (Lipinski definition) is 2. The van der Waals surface area contributed by atoms with Crippen LogP contribution in [0.5, 0.6) is 0 Å². The van der Waals surface area contributed by atoms with Gasteiger partial charge >= 0.3 is 11.9 Å². The first-order valence-electron chi connectivity index (χ1n) is 4.57. The highest BCUT2D eigenvalue weighted by molar-refractivity contribution is 6.10. The van der Waals surface area contributed by atoms with Crippen molar-refractivity contribution in [3.8, 4) is 0 Å². The number of aryl methyl sites for hydroxylation is 1. The van der Waals surface area contributed by atoms with E-state index in [0.717, 1.165) is 0 Å². The van der Waals surface area contributed by atoms with Crippen molar-refractivity contribution in [3.63, 3.8) is 0 Å². The molecule has 0 fully saturated rings. The van der Waals surface area contributed by atoms with Gasteiger partial charge in [0.2, 0.25) is 0 Å². The number of aromatic nitrogens is 1. The summed E-state index contributed by atoms with van der Waals surface area (Å²) in [5.74, 6) is -2.13. The molecular formula is C11H9NO4. The van der Waals surface area contributed by atoms with Crippen LogP contribution in [0.2, 0.25) is 0 Å². The Morgan fingerprint density at radius 3 is 2.19 bits per heavy atom. The smallest absolute Gasteiger partial charge is 0.337 e. The van der Waals surface area contributed by atoms with Crippen LogP contribution < -0.4 is 0 Å². The van der Waals surface area contributed by atoms with Gasteiger partial charge in [-0.1, -0.05) is 0 Å². The summed E-state index contributed by atoms with van der Waals surface area (Å²) in [4.78, 5) is 21.9. The minimum Gasteiger partial charge on any atom is -0.478 e. The number of benzene rings is 1. The van der Waals surface area contributed by atoms with Crippen LogP contribution in [0.1, 0.15) is 20.7 Å². The van der Waals surface area contributed by atoms with Gasteiger partial charge < -0.3 is 14.8 Å². The number of carboxylic acids is 2. The van der Waals surface area contributed by atoms with Crippen molar-refractivity contribution >= 4 is 22.8 Å². The number of carbonyl (C=O) groups is 2. The molecule has 0 aliphatic heterocycles. The zero-order valence-corrected chi connectivity index (χ0v) is 8.47. The first-order valence-corrected chi connectivity index (χ1v) is 4.57. The van der Waals surface area contributed by atoms with E-state index in [-0.39, 0.29) is 11.1 Å². The van der Waals surface area contributed by atoms with Crippen LogP contribution in [-0.4, -0.2) is 26.7 Å². The Bertz CT molecular complexity index is 597. The second-order valence-corrected chi connectivity index (χ2v) is 3.46. The van der Waals surface area contributed by atoms with Crippen molar-refractivity contribution in [2.75, 3.05) is 0 Å². The van der Waals surface area contributed by atoms with Gasteiger partial charge in [0, 0.05) is 18.6 Å². The van der Waals surface area contributed by atoms with Crippen LogP contribution in [0, 0.1) is 0 Å². The first-order chi connectivity index (χ1) is 7.52. The van der Waals surface area contributed by atoms with Crippen LogP contribution in [0.4, 0.5) is 0 Å². The van der Waals surface area contributed by atoms with Crippen LogP contribution >= 0.6 is 0 Å². The average Bonchev–Trinajstić information content (AvgIpc) is 2.59. The van der Waals surface area contributed by atoms with Crippen LogP contribution in [0.3, 0.4) is 0 Å². The van der Waals surface area contributed by atoms with Crippen molar-refractivity contribution in [1.29, 1.82) is 0 Å². The fourth-order valence-electron chi connectivity index (χ4n) is 1.78. The van der Waals surface area contributed by atoms with Crippen LogP contribution in [0.25, 0.3) is 10.9 Å². The summed E-state index contributed by atoms with van der Waals surface area (Å²) in [6.45, 7) is 0. The number of nitrogens with zero attached hydrogens (tertiary/aromatic N) is 1. The summed E-state index contributed by atoms with van der Waals surface area (Å²) in [6.07, 6.45) is 1.64. The lowest BCUT2D eigenvalue weighted by molar-refractivity contribution is 0.0684. The summed E-state index contributed by atoms with van der Waals surface area (Å²) < 4.78 is 1.60. The Balaban J connectivity index is 2.90. The molecule has 2 N–H and O–H groups in total. The second kappa shape index (κ2) is 3.37. The molecular weight excluding hydrogens is 210 g/mol. The molecule has 2 aromatic rings. The summed E-state index contributed by atoms with van der Waals surface area (Å²) in [7, 11) is 1.68. The van der Waals surface area contributed by atoms with Crippen molar-refractivity contribution in [2.45, 2.75) is 0 Å². The van der Waals surface area contributed by atoms with Crippen molar-refractivity contribution in [3.05, 3.63) is 35.5 Å². The zero-order valence-electron chi connectivity index (χ0n) is 8.47. The van der Waals surface area contributed by atoms with Crippen LogP contribution in [0.15, 0.2) is 24.4 Å². The van der Waals surface area contributed by atoms with E-state index in [9.17, 15) is 9.59 Å². The third-order valence-corrected chi connectivity index (χ3v) is 2.50. The number of rotatable bonds is 2. The van der Waals surface area contributed by atoms with E-state index in [1.54, 1.807) is 23.9 Å². The minimum atomic E-state index is -1.07. The summed E-state index contributed by atoms with van der Waals surface area (Å²) >= 11 is 0. The van der Waals surface area contributed by atoms with E-state index in [1.165, 1.54) is 12.1 Å². The molecule has 0 spiro atoms. The van der Waals surface area contributed by atoms with E-state index in [1.807, 2.05) is 0 Å². The second-order valence-electron chi connectivity index (χ2n) is 3.46. The topological polar surface area (TPSA) is 79.5 Å². The van der Waals surface area contributed by atoms with Gasteiger partial charge in [0.25, 0.3) is 0 Å². The van der Waals surface area contributed by atoms with Gasteiger partial charge in [0.05, 0.1) is 16.6 Å². The predicted octanol–water partition coefficient (Wildman–Crippen LogP) is 1.57. The fraction of sp³-hybridized carbons (Fsp3) is 0.0909. The lowest BCUT2D eigenvalue weighted by atomic mass is 10.1. The maximum Gasteiger partial charge on any atom is 0.337 e. The normalized spacial score (nSPS) is 10.6. The Morgan fingerprint density at radius 1 is 1.06 bits per heavy atom. The summed E-state index contributed by atoms with van der Waals surface area (Å²) in [6, 6.07) is 4.23. The lowest BCUT2D eigenvalue weighted by Gasteiger charge is -2.04. The number of carboxylic acid groups (broad SMARTS) is 2. The van der Waals surface area contributed by atoms with Gasteiger partial charge in [-0.15, -0.1) is 0 Å². The molecule has 1 aromatic carbocycles. The number of aromatic carboxylic acids is 2. The van der Waals surface area contributed by atoms with Gasteiger partial charge in [0.15, 0.2) is 0 Å². The Labute approximate surface area is 90.5 Å². The molecule has 0 amide bonds. The zero-order chi connectivity index (χ0) is 11.9. The molecule has 2 rings (SSSR count). The van der Waals surface area contributed by atoms with E-state index in [4.69, 9.17) is 10.2 Å². The highest BCUT2D eigenvalue weighted by atomic mass is 16.4. The molecule has 0 atom stereocenters. The number of fused-ring (bicyclic) bond motifs is 1. The lowest BCUT2D eigenvalue weighted by Crippen LogP contribution is -2.04. The molecule has 0 aliphatic rings. The SMILES string of the molecule is Cn1ccc2c(C(=O)O)ccc(C(=O)O)c21. The molecule has 0 saturated heterocycles. The maximum absolute atomic E-state index is 11.0. The standard InChI is InChI=1S/C11H9NO4/c1-12-5-4-6-7(10(13)14)2-3-8(9(6)12)11(15)16/h2-5H,1H3,(H,13,14)(H,15,16). The maximum atomic E-state index is 11.0. The average molecular weight is 219 g/mol. The first kappa shape index (κ1) is 10.2. The molecule has 5 nitrogen and oxygen atoms in total. The molecule has 0 aliphatic carbocycles. The van der Waals surface area contributed by atoms with Crippen LogP contribution in [-0.2, 0) is 7.05 Å². The molecule has 82 valence electrons. The van der Waals surface area contributed by atoms with Gasteiger partial charge in [-0.25, -0.2) is 9.59 Å². The molecule has 16 heavy (non-hydrogen) atoms. The third kappa shape index (κ3) is 1.33. The molecule has 1 heterocycles. The molecule has 0 unspecified atom stereocenters. The molecule has 0 bridgehead atoms.